The highest BCUT2D eigenvalue weighted by Crippen LogP contribution is 2.42. The highest BCUT2D eigenvalue weighted by atomic mass is 35.5. The zero-order valence-corrected chi connectivity index (χ0v) is 16.3. The lowest BCUT2D eigenvalue weighted by Gasteiger charge is -2.49. The quantitative estimate of drug-likeness (QED) is 0.724. The molecule has 28 heavy (non-hydrogen) atoms. The van der Waals surface area contributed by atoms with Crippen molar-refractivity contribution in [3.8, 4) is 0 Å². The molecular weight excluding hydrogens is 374 g/mol. The van der Waals surface area contributed by atoms with Crippen LogP contribution in [-0.2, 0) is 28.1 Å². The summed E-state index contributed by atoms with van der Waals surface area (Å²) in [5.74, 6) is -0.0991. The number of carbonyl (C=O) groups excluding carboxylic acids is 2. The van der Waals surface area contributed by atoms with Crippen LogP contribution in [0.15, 0.2) is 48.5 Å². The minimum atomic E-state index is -1.02. The number of fused-ring (bicyclic) bond motifs is 5. The molecule has 0 aliphatic carbocycles. The highest BCUT2D eigenvalue weighted by molar-refractivity contribution is 6.31. The Morgan fingerprint density at radius 2 is 1.86 bits per heavy atom. The average Bonchev–Trinajstić information content (AvgIpc) is 3.08. The Labute approximate surface area is 167 Å². The van der Waals surface area contributed by atoms with E-state index in [0.29, 0.717) is 18.1 Å². The number of nitrogens with one attached hydrogen (secondary N) is 1. The summed E-state index contributed by atoms with van der Waals surface area (Å²) in [5, 5.41) is 1.73. The van der Waals surface area contributed by atoms with Crippen LogP contribution in [0.4, 0.5) is 0 Å². The molecule has 5 rings (SSSR count). The van der Waals surface area contributed by atoms with Crippen LogP contribution < -0.4 is 0 Å². The van der Waals surface area contributed by atoms with E-state index >= 15 is 0 Å². The van der Waals surface area contributed by atoms with Crippen molar-refractivity contribution in [1.82, 2.24) is 14.8 Å². The van der Waals surface area contributed by atoms with Crippen molar-refractivity contribution < 1.29 is 9.59 Å². The lowest BCUT2D eigenvalue weighted by molar-refractivity contribution is -0.166. The van der Waals surface area contributed by atoms with E-state index in [0.717, 1.165) is 34.1 Å². The summed E-state index contributed by atoms with van der Waals surface area (Å²) in [7, 11) is 0. The topological polar surface area (TPSA) is 56.4 Å². The van der Waals surface area contributed by atoms with Gasteiger partial charge in [-0.1, -0.05) is 48.0 Å². The van der Waals surface area contributed by atoms with E-state index in [1.807, 2.05) is 43.3 Å². The highest BCUT2D eigenvalue weighted by Gasteiger charge is 2.54. The normalized spacial score (nSPS) is 21.8. The number of carbonyl (C=O) groups is 2. The fourth-order valence-electron chi connectivity index (χ4n) is 4.64. The fraction of sp³-hybridized carbons (Fsp3) is 0.273. The minimum absolute atomic E-state index is 0.0292. The minimum Gasteiger partial charge on any atom is -0.356 e. The zero-order chi connectivity index (χ0) is 19.5. The van der Waals surface area contributed by atoms with Gasteiger partial charge in [0.2, 0.25) is 5.91 Å². The molecule has 1 unspecified atom stereocenters. The Morgan fingerprint density at radius 1 is 1.11 bits per heavy atom. The van der Waals surface area contributed by atoms with Gasteiger partial charge in [-0.2, -0.15) is 0 Å². The predicted octanol–water partition coefficient (Wildman–Crippen LogP) is 3.46. The monoisotopic (exact) mass is 393 g/mol. The third-order valence-corrected chi connectivity index (χ3v) is 6.44. The van der Waals surface area contributed by atoms with Gasteiger partial charge in [-0.25, -0.2) is 0 Å². The second-order valence-corrected chi connectivity index (χ2v) is 8.05. The summed E-state index contributed by atoms with van der Waals surface area (Å²) in [6.07, 6.45) is 0.748. The lowest BCUT2D eigenvalue weighted by atomic mass is 9.83. The number of H-pyrrole nitrogens is 1. The van der Waals surface area contributed by atoms with Gasteiger partial charge in [0.1, 0.15) is 6.54 Å². The third-order valence-electron chi connectivity index (χ3n) is 6.08. The molecule has 3 heterocycles. The van der Waals surface area contributed by atoms with E-state index in [2.05, 4.69) is 11.1 Å². The summed E-state index contributed by atoms with van der Waals surface area (Å²) in [5.41, 5.74) is 2.79. The van der Waals surface area contributed by atoms with Crippen molar-refractivity contribution in [2.75, 3.05) is 13.1 Å². The Kier molecular flexibility index (Phi) is 3.78. The van der Waals surface area contributed by atoms with Crippen LogP contribution in [0, 0.1) is 0 Å². The van der Waals surface area contributed by atoms with Gasteiger partial charge in [0.15, 0.2) is 5.54 Å². The Bertz CT molecular complexity index is 1120. The standard InChI is InChI=1S/C22H20ClN3O2/c1-22-20-16(15-7-3-5-9-18(15)24-20)10-11-26(22)19(27)13-25(21(22)28)12-14-6-2-4-8-17(14)23/h2-9,24H,10-13H2,1H3. The summed E-state index contributed by atoms with van der Waals surface area (Å²) >= 11 is 6.29. The van der Waals surface area contributed by atoms with E-state index < -0.39 is 5.54 Å². The summed E-state index contributed by atoms with van der Waals surface area (Å²) in [6, 6.07) is 15.5. The molecule has 0 saturated carbocycles. The average molecular weight is 394 g/mol. The molecule has 1 fully saturated rings. The first-order valence-electron chi connectivity index (χ1n) is 9.43. The number of hydrogen-bond acceptors (Lipinski definition) is 2. The van der Waals surface area contributed by atoms with Crippen molar-refractivity contribution >= 4 is 34.3 Å². The molecule has 5 nitrogen and oxygen atoms in total. The van der Waals surface area contributed by atoms with E-state index in [9.17, 15) is 9.59 Å². The van der Waals surface area contributed by atoms with Crippen LogP contribution in [0.25, 0.3) is 10.9 Å². The van der Waals surface area contributed by atoms with Crippen LogP contribution in [-0.4, -0.2) is 39.7 Å². The number of halogens is 1. The smallest absolute Gasteiger partial charge is 0.255 e. The number of aromatic nitrogens is 1. The predicted molar refractivity (Wildman–Crippen MR) is 108 cm³/mol. The van der Waals surface area contributed by atoms with Crippen LogP contribution in [0.2, 0.25) is 5.02 Å². The maximum absolute atomic E-state index is 13.7. The molecule has 2 aliphatic heterocycles. The molecule has 2 amide bonds. The number of piperazine rings is 1. The molecule has 0 bridgehead atoms. The number of aromatic amines is 1. The molecule has 1 aromatic heterocycles. The molecule has 3 aromatic rings. The molecule has 2 aliphatic rings. The Morgan fingerprint density at radius 3 is 2.68 bits per heavy atom. The summed E-state index contributed by atoms with van der Waals surface area (Å²) in [4.78, 5) is 33.4. The lowest BCUT2D eigenvalue weighted by Crippen LogP contribution is -2.66. The van der Waals surface area contributed by atoms with Crippen molar-refractivity contribution in [1.29, 1.82) is 0 Å². The summed E-state index contributed by atoms with van der Waals surface area (Å²) in [6.45, 7) is 2.81. The molecule has 142 valence electrons. The van der Waals surface area contributed by atoms with Crippen LogP contribution in [0.3, 0.4) is 0 Å². The summed E-state index contributed by atoms with van der Waals surface area (Å²) < 4.78 is 0. The second-order valence-electron chi connectivity index (χ2n) is 7.64. The number of benzene rings is 2. The van der Waals surface area contributed by atoms with Gasteiger partial charge in [-0.15, -0.1) is 0 Å². The second kappa shape index (κ2) is 6.11. The number of nitrogens with zero attached hydrogens (tertiary/aromatic N) is 2. The van der Waals surface area contributed by atoms with Gasteiger partial charge in [-0.3, -0.25) is 9.59 Å². The van der Waals surface area contributed by atoms with E-state index in [1.165, 1.54) is 0 Å². The number of para-hydroxylation sites is 1. The number of hydrogen-bond donors (Lipinski definition) is 1. The zero-order valence-electron chi connectivity index (χ0n) is 15.5. The first-order chi connectivity index (χ1) is 13.5. The molecule has 1 N–H and O–H groups in total. The van der Waals surface area contributed by atoms with Crippen LogP contribution in [0.5, 0.6) is 0 Å². The maximum atomic E-state index is 13.7. The first-order valence-corrected chi connectivity index (χ1v) is 9.81. The first kappa shape index (κ1) is 17.3. The number of amides is 2. The molecule has 6 heteroatoms. The Hall–Kier alpha value is -2.79. The van der Waals surface area contributed by atoms with E-state index in [1.54, 1.807) is 15.9 Å². The molecule has 1 atom stereocenters. The van der Waals surface area contributed by atoms with Crippen LogP contribution >= 0.6 is 11.6 Å². The largest absolute Gasteiger partial charge is 0.356 e. The molecule has 1 saturated heterocycles. The van der Waals surface area contributed by atoms with Gasteiger partial charge in [0, 0.05) is 29.0 Å². The van der Waals surface area contributed by atoms with Crippen LogP contribution in [0.1, 0.15) is 23.7 Å². The number of rotatable bonds is 2. The van der Waals surface area contributed by atoms with Gasteiger partial charge in [0.25, 0.3) is 5.91 Å². The van der Waals surface area contributed by atoms with Crippen molar-refractivity contribution in [2.45, 2.75) is 25.4 Å². The van der Waals surface area contributed by atoms with Crippen molar-refractivity contribution in [3.63, 3.8) is 0 Å². The fourth-order valence-corrected chi connectivity index (χ4v) is 4.84. The van der Waals surface area contributed by atoms with E-state index in [4.69, 9.17) is 11.6 Å². The maximum Gasteiger partial charge on any atom is 0.255 e. The van der Waals surface area contributed by atoms with Crippen molar-refractivity contribution in [3.05, 3.63) is 70.4 Å². The van der Waals surface area contributed by atoms with Gasteiger partial charge in [0.05, 0.1) is 5.69 Å². The van der Waals surface area contributed by atoms with Gasteiger partial charge in [-0.05, 0) is 36.6 Å². The van der Waals surface area contributed by atoms with E-state index in [-0.39, 0.29) is 18.4 Å². The molecule has 0 radical (unpaired) electrons. The third kappa shape index (κ3) is 2.32. The molecular formula is C22H20ClN3O2. The van der Waals surface area contributed by atoms with Gasteiger partial charge >= 0.3 is 0 Å². The SMILES string of the molecule is CC12C(=O)N(Cc3ccccc3Cl)CC(=O)N1CCc1c2[nH]c2ccccc12. The Balaban J connectivity index is 1.60. The molecule has 2 aromatic carbocycles. The molecule has 0 spiro atoms. The van der Waals surface area contributed by atoms with Gasteiger partial charge < -0.3 is 14.8 Å². The van der Waals surface area contributed by atoms with Crippen molar-refractivity contribution in [2.24, 2.45) is 0 Å².